The maximum atomic E-state index is 12.7. The number of aliphatic imine (C=N–C) groups is 1. The van der Waals surface area contributed by atoms with Crippen LogP contribution in [0.25, 0.3) is 22.7 Å². The lowest BCUT2D eigenvalue weighted by Crippen LogP contribution is -1.99. The molecule has 1 N–H and O–H groups in total. The van der Waals surface area contributed by atoms with E-state index >= 15 is 0 Å². The summed E-state index contributed by atoms with van der Waals surface area (Å²) in [6, 6.07) is 9.75. The average molecular weight is 585 g/mol. The predicted octanol–water partition coefficient (Wildman–Crippen LogP) is 11.4. The first-order valence-corrected chi connectivity index (χ1v) is 15.9. The quantitative estimate of drug-likeness (QED) is 0.329. The summed E-state index contributed by atoms with van der Waals surface area (Å²) >= 11 is 0. The number of aryl methyl sites for hydroxylation is 1. The Morgan fingerprint density at radius 1 is 1.02 bits per heavy atom. The van der Waals surface area contributed by atoms with Crippen molar-refractivity contribution in [2.24, 2.45) is 10.9 Å². The van der Waals surface area contributed by atoms with E-state index in [-0.39, 0.29) is 0 Å². The molecule has 0 amide bonds. The van der Waals surface area contributed by atoms with E-state index in [1.165, 1.54) is 32.1 Å². The molecule has 232 valence electrons. The number of allylic oxidation sites excluding steroid dienone is 8. The molecular formula is C38H53FN4. The maximum absolute atomic E-state index is 12.7. The Morgan fingerprint density at radius 2 is 1.79 bits per heavy atom. The van der Waals surface area contributed by atoms with Crippen molar-refractivity contribution in [3.63, 3.8) is 0 Å². The molecule has 1 saturated carbocycles. The third kappa shape index (κ3) is 14.7. The number of aromatic nitrogens is 3. The summed E-state index contributed by atoms with van der Waals surface area (Å²) < 4.78 is 12.7. The number of pyridine rings is 1. The van der Waals surface area contributed by atoms with E-state index in [0.29, 0.717) is 17.9 Å². The lowest BCUT2D eigenvalue weighted by molar-refractivity contribution is 0.385. The van der Waals surface area contributed by atoms with Gasteiger partial charge in [-0.3, -0.25) is 14.4 Å². The number of alkyl halides is 1. The molecule has 0 saturated heterocycles. The van der Waals surface area contributed by atoms with Gasteiger partial charge in [0, 0.05) is 35.4 Å². The van der Waals surface area contributed by atoms with Gasteiger partial charge in [-0.05, 0) is 55.5 Å². The van der Waals surface area contributed by atoms with Gasteiger partial charge in [0.15, 0.2) is 0 Å². The highest BCUT2D eigenvalue weighted by molar-refractivity contribution is 5.79. The van der Waals surface area contributed by atoms with Crippen LogP contribution in [0, 0.1) is 12.8 Å². The molecule has 2 aliphatic carbocycles. The fraction of sp³-hybridized carbons (Fsp3) is 0.395. The van der Waals surface area contributed by atoms with Gasteiger partial charge in [0.2, 0.25) is 0 Å². The highest BCUT2D eigenvalue weighted by Gasteiger charge is 2.06. The van der Waals surface area contributed by atoms with E-state index in [9.17, 15) is 4.39 Å². The maximum Gasteiger partial charge on any atom is 0.138 e. The van der Waals surface area contributed by atoms with Crippen LogP contribution in [0.5, 0.6) is 0 Å². The number of hydrogen-bond acceptors (Lipinski definition) is 3. The topological polar surface area (TPSA) is 53.9 Å². The van der Waals surface area contributed by atoms with Crippen molar-refractivity contribution in [1.29, 1.82) is 0 Å². The fourth-order valence-electron chi connectivity index (χ4n) is 4.39. The third-order valence-electron chi connectivity index (χ3n) is 6.57. The van der Waals surface area contributed by atoms with E-state index in [4.69, 9.17) is 0 Å². The second-order valence-corrected chi connectivity index (χ2v) is 9.83. The highest BCUT2D eigenvalue weighted by Crippen LogP contribution is 2.22. The Labute approximate surface area is 260 Å². The van der Waals surface area contributed by atoms with Crippen LogP contribution in [0.15, 0.2) is 96.8 Å². The average Bonchev–Trinajstić information content (AvgIpc) is 3.30. The molecule has 2 heterocycles. The first-order valence-electron chi connectivity index (χ1n) is 15.9. The van der Waals surface area contributed by atoms with Gasteiger partial charge in [-0.25, -0.2) is 4.98 Å². The highest BCUT2D eigenvalue weighted by atomic mass is 19.1. The van der Waals surface area contributed by atoms with Crippen molar-refractivity contribution in [1.82, 2.24) is 15.0 Å². The minimum atomic E-state index is -0.435. The summed E-state index contributed by atoms with van der Waals surface area (Å²) in [6.45, 7) is 15.5. The van der Waals surface area contributed by atoms with Crippen LogP contribution in [-0.2, 0) is 0 Å². The van der Waals surface area contributed by atoms with Crippen molar-refractivity contribution in [2.45, 2.75) is 86.5 Å². The van der Waals surface area contributed by atoms with E-state index in [1.807, 2.05) is 83.3 Å². The van der Waals surface area contributed by atoms with Gasteiger partial charge in [0.25, 0.3) is 0 Å². The van der Waals surface area contributed by atoms with E-state index < -0.39 is 6.67 Å². The van der Waals surface area contributed by atoms with Gasteiger partial charge >= 0.3 is 0 Å². The van der Waals surface area contributed by atoms with Crippen molar-refractivity contribution in [3.8, 4) is 11.4 Å². The van der Waals surface area contributed by atoms with Crippen LogP contribution in [0.2, 0.25) is 0 Å². The number of hydrogen-bond donors (Lipinski definition) is 1. The smallest absolute Gasteiger partial charge is 0.138 e. The first-order chi connectivity index (χ1) is 21.1. The Bertz CT molecular complexity index is 1260. The van der Waals surface area contributed by atoms with Gasteiger partial charge in [0.1, 0.15) is 5.82 Å². The molecule has 1 fully saturated rings. The zero-order chi connectivity index (χ0) is 31.7. The minimum Gasteiger partial charge on any atom is -0.344 e. The van der Waals surface area contributed by atoms with Gasteiger partial charge < -0.3 is 4.98 Å². The second kappa shape index (κ2) is 23.7. The first kappa shape index (κ1) is 37.2. The van der Waals surface area contributed by atoms with Gasteiger partial charge in [-0.15, -0.1) is 0 Å². The summed E-state index contributed by atoms with van der Waals surface area (Å²) in [5.41, 5.74) is 5.31. The van der Waals surface area contributed by atoms with Crippen LogP contribution in [-0.4, -0.2) is 27.8 Å². The summed E-state index contributed by atoms with van der Waals surface area (Å²) in [4.78, 5) is 17.0. The molecule has 0 bridgehead atoms. The lowest BCUT2D eigenvalue weighted by Gasteiger charge is -2.15. The summed E-state index contributed by atoms with van der Waals surface area (Å²) in [7, 11) is 0. The lowest BCUT2D eigenvalue weighted by atomic mass is 9.91. The molecule has 0 aromatic carbocycles. The Hall–Kier alpha value is -3.86. The summed E-state index contributed by atoms with van der Waals surface area (Å²) in [5, 5.41) is 0. The standard InChI is InChI=1S/C27H27FN4.C7H14.2C2H6/c1-3-18-29-25(11-8-17-28)23-13-12-21(2)32-27(30-19-16-23)24-14-15-26(31-20-24)22-9-6-4-5-7-10-22;1-7-5-3-2-4-6-7;2*1-2/h3-6,9-16,18-20H,1,7-8,17H2,2H3,(H,30,32);7H,2-6H2,1H3;2*1-2H3/b19-16?,21-12?,23-13?,25-11-,29-18?;;;. The number of H-pyrrole nitrogens is 1. The van der Waals surface area contributed by atoms with Crippen LogP contribution >= 0.6 is 0 Å². The van der Waals surface area contributed by atoms with Crippen LogP contribution < -0.4 is 0 Å². The van der Waals surface area contributed by atoms with Gasteiger partial charge in [-0.1, -0.05) is 122 Å². The molecule has 4 rings (SSSR count). The van der Waals surface area contributed by atoms with E-state index in [2.05, 4.69) is 51.7 Å². The summed E-state index contributed by atoms with van der Waals surface area (Å²) in [6.07, 6.45) is 27.5. The number of halogens is 1. The number of nitrogens with zero attached hydrogens (tertiary/aromatic N) is 3. The molecule has 0 aliphatic heterocycles. The number of nitrogens with one attached hydrogen (secondary N) is 1. The summed E-state index contributed by atoms with van der Waals surface area (Å²) in [5.74, 6) is 1.73. The zero-order valence-electron chi connectivity index (χ0n) is 27.3. The molecule has 5 heteroatoms. The van der Waals surface area contributed by atoms with E-state index in [1.54, 1.807) is 24.6 Å². The molecular weight excluding hydrogens is 531 g/mol. The minimum absolute atomic E-state index is 0.296. The Morgan fingerprint density at radius 3 is 2.42 bits per heavy atom. The van der Waals surface area contributed by atoms with Gasteiger partial charge in [0.05, 0.1) is 18.1 Å². The van der Waals surface area contributed by atoms with Crippen LogP contribution in [0.1, 0.15) is 96.5 Å². The fourth-order valence-corrected chi connectivity index (χ4v) is 4.39. The Balaban J connectivity index is 0.000000717. The number of aromatic amines is 1. The largest absolute Gasteiger partial charge is 0.344 e. The molecule has 0 radical (unpaired) electrons. The molecule has 4 nitrogen and oxygen atoms in total. The zero-order valence-corrected chi connectivity index (χ0v) is 27.3. The van der Waals surface area contributed by atoms with Crippen molar-refractivity contribution in [3.05, 3.63) is 109 Å². The normalized spacial score (nSPS) is 14.5. The molecule has 0 spiro atoms. The Kier molecular flexibility index (Phi) is 20.5. The molecule has 43 heavy (non-hydrogen) atoms. The van der Waals surface area contributed by atoms with Crippen molar-refractivity contribution < 1.29 is 4.39 Å². The molecule has 2 aromatic rings. The van der Waals surface area contributed by atoms with Crippen LogP contribution in [0.3, 0.4) is 0 Å². The molecule has 2 aromatic heterocycles. The van der Waals surface area contributed by atoms with Crippen molar-refractivity contribution in [2.75, 3.05) is 6.67 Å². The third-order valence-corrected chi connectivity index (χ3v) is 6.57. The monoisotopic (exact) mass is 584 g/mol. The van der Waals surface area contributed by atoms with Crippen LogP contribution in [0.4, 0.5) is 4.39 Å². The molecule has 0 unspecified atom stereocenters. The van der Waals surface area contributed by atoms with Crippen molar-refractivity contribution >= 4 is 17.5 Å². The second-order valence-electron chi connectivity index (χ2n) is 9.83. The van der Waals surface area contributed by atoms with E-state index in [0.717, 1.165) is 40.4 Å². The molecule has 2 aliphatic rings. The number of rotatable bonds is 7. The SMILES string of the molecule is C=CC=N/C(=C\CCF)c1ccnc(-c2ccc(C3=CCC=CC=C3)nc2)[nH]c(C)cc1.CC.CC.CC1CCCCC1. The van der Waals surface area contributed by atoms with Gasteiger partial charge in [-0.2, -0.15) is 0 Å². The molecule has 0 atom stereocenters. The predicted molar refractivity (Wildman–Crippen MR) is 187 cm³/mol.